The number of aromatic amines is 1. The average molecular weight is 446 g/mol. The number of ether oxygens (including phenoxy) is 1. The van der Waals surface area contributed by atoms with Crippen LogP contribution in [0.2, 0.25) is 5.02 Å². The minimum Gasteiger partial charge on any atom is -0.436 e. The van der Waals surface area contributed by atoms with E-state index in [9.17, 15) is 5.26 Å². The normalized spacial score (nSPS) is 23.3. The van der Waals surface area contributed by atoms with Crippen molar-refractivity contribution in [3.05, 3.63) is 40.1 Å². The summed E-state index contributed by atoms with van der Waals surface area (Å²) in [5.41, 5.74) is 2.72. The number of aryl methyl sites for hydroxylation is 2. The highest BCUT2D eigenvalue weighted by Gasteiger charge is 2.69. The van der Waals surface area contributed by atoms with E-state index in [4.69, 9.17) is 21.6 Å². The summed E-state index contributed by atoms with van der Waals surface area (Å²) < 4.78 is 6.28. The van der Waals surface area contributed by atoms with Crippen LogP contribution in [0.3, 0.4) is 0 Å². The predicted molar refractivity (Wildman–Crippen MR) is 120 cm³/mol. The molecule has 160 valence electrons. The van der Waals surface area contributed by atoms with Crippen LogP contribution in [-0.2, 0) is 6.42 Å². The van der Waals surface area contributed by atoms with Gasteiger partial charge in [-0.2, -0.15) is 25.6 Å². The van der Waals surface area contributed by atoms with E-state index in [2.05, 4.69) is 31.6 Å². The minimum atomic E-state index is -0.176. The first-order valence-electron chi connectivity index (χ1n) is 10.4. The number of nitrogens with zero attached hydrogens (tertiary/aromatic N) is 5. The minimum absolute atomic E-state index is 0.118. The number of allylic oxidation sites excluding steroid dienone is 1. The van der Waals surface area contributed by atoms with E-state index in [1.54, 1.807) is 12.1 Å². The summed E-state index contributed by atoms with van der Waals surface area (Å²) in [6.07, 6.45) is 6.21. The largest absolute Gasteiger partial charge is 0.436 e. The van der Waals surface area contributed by atoms with E-state index >= 15 is 0 Å². The first kappa shape index (κ1) is 20.3. The van der Waals surface area contributed by atoms with E-state index in [-0.39, 0.29) is 11.0 Å². The van der Waals surface area contributed by atoms with Gasteiger partial charge in [-0.1, -0.05) is 18.5 Å². The Hall–Kier alpha value is -3.62. The van der Waals surface area contributed by atoms with Gasteiger partial charge in [0, 0.05) is 17.3 Å². The summed E-state index contributed by atoms with van der Waals surface area (Å²) in [6.45, 7) is 3.89. The first-order chi connectivity index (χ1) is 15.4. The van der Waals surface area contributed by atoms with Crippen LogP contribution in [-0.4, -0.2) is 25.7 Å². The second-order valence-electron chi connectivity index (χ2n) is 8.64. The summed E-state index contributed by atoms with van der Waals surface area (Å²) in [5.74, 6) is 1.30. The van der Waals surface area contributed by atoms with Crippen molar-refractivity contribution in [2.45, 2.75) is 45.1 Å². The van der Waals surface area contributed by atoms with Crippen LogP contribution in [0.25, 0.3) is 17.1 Å². The smallest absolute Gasteiger partial charge is 0.235 e. The van der Waals surface area contributed by atoms with Gasteiger partial charge < -0.3 is 10.1 Å². The number of hydrogen-bond acceptors (Lipinski definition) is 7. The third-order valence-electron chi connectivity index (χ3n) is 6.28. The lowest BCUT2D eigenvalue weighted by Gasteiger charge is -2.66. The Morgan fingerprint density at radius 1 is 1.28 bits per heavy atom. The molecule has 2 bridgehead atoms. The number of nitrogens with one attached hydrogen (secondary N) is 2. The molecule has 0 unspecified atom stereocenters. The first-order valence-corrected chi connectivity index (χ1v) is 10.8. The van der Waals surface area contributed by atoms with Crippen LogP contribution in [0, 0.1) is 35.0 Å². The highest BCUT2D eigenvalue weighted by molar-refractivity contribution is 6.32. The number of rotatable bonds is 6. The number of benzene rings is 1. The topological polar surface area (TPSA) is 123 Å². The van der Waals surface area contributed by atoms with Gasteiger partial charge in [-0.25, -0.2) is 0 Å². The standard InChI is InChI=1S/C23H20ClN7O/c1-3-15-7-14(5-4-6-25)8-16(24)18(15)32-20-17-13(2)30-31-19(17)27-21(28-20)29-23-9-22(10-23,11-23)12-26/h4-5,7-8H,3,9-11H2,1-2H3,(H2,27,28,29,30,31)/b5-4+. The molecular weight excluding hydrogens is 426 g/mol. The van der Waals surface area contributed by atoms with Crippen molar-refractivity contribution in [2.75, 3.05) is 5.32 Å². The average Bonchev–Trinajstić information content (AvgIpc) is 3.10. The fourth-order valence-corrected chi connectivity index (χ4v) is 5.10. The van der Waals surface area contributed by atoms with Crippen LogP contribution < -0.4 is 10.1 Å². The number of nitriles is 2. The lowest BCUT2D eigenvalue weighted by Crippen LogP contribution is -2.70. The molecule has 2 heterocycles. The van der Waals surface area contributed by atoms with Gasteiger partial charge in [0.2, 0.25) is 11.8 Å². The molecule has 0 atom stereocenters. The molecule has 2 N–H and O–H groups in total. The van der Waals surface area contributed by atoms with Crippen LogP contribution in [0.4, 0.5) is 5.95 Å². The number of fused-ring (bicyclic) bond motifs is 1. The monoisotopic (exact) mass is 445 g/mol. The third-order valence-corrected chi connectivity index (χ3v) is 6.56. The zero-order chi connectivity index (χ0) is 22.5. The Kier molecular flexibility index (Phi) is 4.58. The van der Waals surface area contributed by atoms with Crippen molar-refractivity contribution in [3.8, 4) is 23.8 Å². The fourth-order valence-electron chi connectivity index (χ4n) is 4.81. The SMILES string of the molecule is CCc1cc(/C=C/C#N)cc(Cl)c1Oc1nc(NC23CC(C#N)(C2)C3)nc2n[nH]c(C)c12. The highest BCUT2D eigenvalue weighted by atomic mass is 35.5. The second-order valence-corrected chi connectivity index (χ2v) is 9.04. The van der Waals surface area contributed by atoms with Gasteiger partial charge in [0.25, 0.3) is 0 Å². The molecule has 32 heavy (non-hydrogen) atoms. The number of anilines is 1. The van der Waals surface area contributed by atoms with Gasteiger partial charge in [0.1, 0.15) is 5.39 Å². The zero-order valence-corrected chi connectivity index (χ0v) is 18.4. The van der Waals surface area contributed by atoms with Gasteiger partial charge in [-0.3, -0.25) is 5.10 Å². The van der Waals surface area contributed by atoms with E-state index in [0.717, 1.165) is 36.1 Å². The summed E-state index contributed by atoms with van der Waals surface area (Å²) in [6, 6.07) is 8.09. The van der Waals surface area contributed by atoms with Crippen molar-refractivity contribution in [1.29, 1.82) is 10.5 Å². The molecule has 3 saturated carbocycles. The van der Waals surface area contributed by atoms with Crippen LogP contribution in [0.1, 0.15) is 43.0 Å². The molecule has 9 heteroatoms. The summed E-state index contributed by atoms with van der Waals surface area (Å²) in [5, 5.41) is 29.8. The summed E-state index contributed by atoms with van der Waals surface area (Å²) in [7, 11) is 0. The Balaban J connectivity index is 1.52. The van der Waals surface area contributed by atoms with Gasteiger partial charge in [-0.05, 0) is 61.9 Å². The number of hydrogen-bond donors (Lipinski definition) is 2. The van der Waals surface area contributed by atoms with Gasteiger partial charge in [0.15, 0.2) is 11.4 Å². The molecule has 6 rings (SSSR count). The number of H-pyrrole nitrogens is 1. The lowest BCUT2D eigenvalue weighted by molar-refractivity contribution is -0.0665. The Labute approximate surface area is 189 Å². The number of aromatic nitrogens is 4. The maximum Gasteiger partial charge on any atom is 0.235 e. The molecule has 0 radical (unpaired) electrons. The van der Waals surface area contributed by atoms with Crippen molar-refractivity contribution < 1.29 is 4.74 Å². The van der Waals surface area contributed by atoms with Gasteiger partial charge in [0.05, 0.1) is 22.6 Å². The van der Waals surface area contributed by atoms with Crippen molar-refractivity contribution in [2.24, 2.45) is 5.41 Å². The lowest BCUT2D eigenvalue weighted by atomic mass is 9.40. The molecule has 0 spiro atoms. The Bertz CT molecular complexity index is 1340. The fraction of sp³-hybridized carbons (Fsp3) is 0.348. The zero-order valence-electron chi connectivity index (χ0n) is 17.7. The van der Waals surface area contributed by atoms with Gasteiger partial charge >= 0.3 is 0 Å². The molecule has 8 nitrogen and oxygen atoms in total. The van der Waals surface area contributed by atoms with Crippen molar-refractivity contribution >= 4 is 34.7 Å². The second kappa shape index (κ2) is 7.22. The molecule has 3 fully saturated rings. The summed E-state index contributed by atoms with van der Waals surface area (Å²) in [4.78, 5) is 9.21. The van der Waals surface area contributed by atoms with Gasteiger partial charge in [-0.15, -0.1) is 0 Å². The molecule has 0 saturated heterocycles. The van der Waals surface area contributed by atoms with E-state index in [1.807, 2.05) is 26.0 Å². The molecule has 0 aliphatic heterocycles. The van der Waals surface area contributed by atoms with E-state index in [1.165, 1.54) is 6.08 Å². The maximum absolute atomic E-state index is 9.28. The molecule has 2 aromatic heterocycles. The Morgan fingerprint density at radius 3 is 2.75 bits per heavy atom. The van der Waals surface area contributed by atoms with Crippen molar-refractivity contribution in [1.82, 2.24) is 20.2 Å². The van der Waals surface area contributed by atoms with Crippen molar-refractivity contribution in [3.63, 3.8) is 0 Å². The molecular formula is C23H20ClN7O. The van der Waals surface area contributed by atoms with Crippen LogP contribution in [0.5, 0.6) is 11.6 Å². The molecule has 3 aliphatic rings. The predicted octanol–water partition coefficient (Wildman–Crippen LogP) is 5.06. The Morgan fingerprint density at radius 2 is 2.06 bits per heavy atom. The third kappa shape index (κ3) is 3.16. The molecule has 3 aliphatic carbocycles. The molecule has 0 amide bonds. The maximum atomic E-state index is 9.28. The summed E-state index contributed by atoms with van der Waals surface area (Å²) >= 11 is 6.57. The van der Waals surface area contributed by atoms with Crippen LogP contribution >= 0.6 is 11.6 Å². The van der Waals surface area contributed by atoms with E-state index in [0.29, 0.717) is 40.1 Å². The number of halogens is 1. The molecule has 1 aromatic carbocycles. The quantitative estimate of drug-likeness (QED) is 0.508. The highest BCUT2D eigenvalue weighted by Crippen LogP contribution is 2.67. The van der Waals surface area contributed by atoms with E-state index < -0.39 is 0 Å². The van der Waals surface area contributed by atoms with Crippen LogP contribution in [0.15, 0.2) is 18.2 Å². The molecule has 3 aromatic rings.